The maximum absolute atomic E-state index is 13.3. The number of amides is 2. The van der Waals surface area contributed by atoms with Gasteiger partial charge in [-0.05, 0) is 36.2 Å². The van der Waals surface area contributed by atoms with Crippen molar-refractivity contribution in [3.05, 3.63) is 52.8 Å². The number of halogens is 2. The van der Waals surface area contributed by atoms with E-state index in [2.05, 4.69) is 5.32 Å². The first-order valence-electron chi connectivity index (χ1n) is 10.8. The molecule has 1 fully saturated rings. The molecule has 0 unspecified atom stereocenters. The topological polar surface area (TPSA) is 71.1 Å². The van der Waals surface area contributed by atoms with Crippen LogP contribution in [0.4, 0.5) is 10.1 Å². The van der Waals surface area contributed by atoms with Crippen molar-refractivity contribution in [2.75, 3.05) is 51.8 Å². The van der Waals surface area contributed by atoms with Gasteiger partial charge in [0, 0.05) is 37.4 Å². The molecule has 2 aromatic rings. The molecule has 178 valence electrons. The summed E-state index contributed by atoms with van der Waals surface area (Å²) in [6.07, 6.45) is 0. The van der Waals surface area contributed by atoms with Crippen LogP contribution in [0.5, 0.6) is 11.5 Å². The largest absolute Gasteiger partial charge is 0.493 e. The lowest BCUT2D eigenvalue weighted by Gasteiger charge is -2.34. The number of nitrogens with one attached hydrogen (secondary N) is 1. The van der Waals surface area contributed by atoms with E-state index in [0.29, 0.717) is 66.5 Å². The molecule has 1 N–H and O–H groups in total. The van der Waals surface area contributed by atoms with Gasteiger partial charge >= 0.3 is 0 Å². The number of carbonyl (C=O) groups is 2. The van der Waals surface area contributed by atoms with Gasteiger partial charge in [-0.2, -0.15) is 0 Å². The molecule has 0 saturated carbocycles. The van der Waals surface area contributed by atoms with Gasteiger partial charge in [-0.3, -0.25) is 14.5 Å². The maximum atomic E-state index is 13.3. The van der Waals surface area contributed by atoms with Crippen LogP contribution in [0.1, 0.15) is 24.2 Å². The molecule has 1 saturated heterocycles. The predicted molar refractivity (Wildman–Crippen MR) is 126 cm³/mol. The highest BCUT2D eigenvalue weighted by Gasteiger charge is 2.25. The van der Waals surface area contributed by atoms with Crippen molar-refractivity contribution in [3.63, 3.8) is 0 Å². The van der Waals surface area contributed by atoms with E-state index in [1.807, 2.05) is 18.7 Å². The molecule has 2 amide bonds. The molecule has 1 aliphatic heterocycles. The Morgan fingerprint density at radius 1 is 1.15 bits per heavy atom. The summed E-state index contributed by atoms with van der Waals surface area (Å²) in [5, 5.41) is 3.01. The minimum absolute atomic E-state index is 0.158. The number of rotatable bonds is 8. The molecule has 0 atom stereocenters. The molecule has 1 heterocycles. The second kappa shape index (κ2) is 11.3. The van der Waals surface area contributed by atoms with Gasteiger partial charge in [-0.15, -0.1) is 0 Å². The monoisotopic (exact) mass is 477 g/mol. The van der Waals surface area contributed by atoms with E-state index in [1.54, 1.807) is 29.2 Å². The molecular weight excluding hydrogens is 449 g/mol. The molecule has 0 spiro atoms. The normalized spacial score (nSPS) is 14.3. The Kier molecular flexibility index (Phi) is 8.52. The smallest absolute Gasteiger partial charge is 0.254 e. The van der Waals surface area contributed by atoms with Crippen molar-refractivity contribution in [2.45, 2.75) is 13.8 Å². The van der Waals surface area contributed by atoms with Crippen molar-refractivity contribution in [3.8, 4) is 11.5 Å². The Morgan fingerprint density at radius 2 is 1.88 bits per heavy atom. The summed E-state index contributed by atoms with van der Waals surface area (Å²) in [7, 11) is 1.51. The Bertz CT molecular complexity index is 994. The van der Waals surface area contributed by atoms with E-state index in [0.717, 1.165) is 0 Å². The number of methoxy groups -OCH3 is 1. The molecule has 2 aromatic carbocycles. The number of anilines is 1. The maximum Gasteiger partial charge on any atom is 0.254 e. The fourth-order valence-electron chi connectivity index (χ4n) is 3.49. The predicted octanol–water partition coefficient (Wildman–Crippen LogP) is 3.92. The van der Waals surface area contributed by atoms with Gasteiger partial charge in [-0.1, -0.05) is 31.5 Å². The number of piperazine rings is 1. The van der Waals surface area contributed by atoms with E-state index in [4.69, 9.17) is 21.1 Å². The van der Waals surface area contributed by atoms with Crippen molar-refractivity contribution in [1.29, 1.82) is 0 Å². The SMILES string of the molecule is COc1cc(C(=O)N2CCN(CC(=O)Nc3cccc(F)c3)CC2)cc(Cl)c1OCC(C)C. The van der Waals surface area contributed by atoms with Crippen LogP contribution in [-0.4, -0.2) is 68.1 Å². The van der Waals surface area contributed by atoms with Crippen molar-refractivity contribution in [1.82, 2.24) is 9.80 Å². The van der Waals surface area contributed by atoms with Crippen LogP contribution >= 0.6 is 11.6 Å². The number of nitrogens with zero attached hydrogens (tertiary/aromatic N) is 2. The lowest BCUT2D eigenvalue weighted by molar-refractivity contribution is -0.117. The van der Waals surface area contributed by atoms with E-state index in [-0.39, 0.29) is 18.4 Å². The highest BCUT2D eigenvalue weighted by Crippen LogP contribution is 2.37. The second-order valence-corrected chi connectivity index (χ2v) is 8.73. The summed E-state index contributed by atoms with van der Waals surface area (Å²) in [6, 6.07) is 9.01. The Balaban J connectivity index is 1.56. The summed E-state index contributed by atoms with van der Waals surface area (Å²) >= 11 is 6.38. The van der Waals surface area contributed by atoms with Gasteiger partial charge < -0.3 is 19.7 Å². The second-order valence-electron chi connectivity index (χ2n) is 8.32. The molecule has 3 rings (SSSR count). The number of carbonyl (C=O) groups excluding carboxylic acids is 2. The summed E-state index contributed by atoms with van der Waals surface area (Å²) in [6.45, 7) is 6.74. The molecule has 0 aliphatic carbocycles. The zero-order valence-corrected chi connectivity index (χ0v) is 19.8. The Labute approximate surface area is 198 Å². The van der Waals surface area contributed by atoms with Crippen molar-refractivity contribution >= 4 is 29.1 Å². The van der Waals surface area contributed by atoms with Crippen LogP contribution in [-0.2, 0) is 4.79 Å². The molecule has 0 aromatic heterocycles. The van der Waals surface area contributed by atoms with Gasteiger partial charge in [0.1, 0.15) is 5.82 Å². The third-order valence-electron chi connectivity index (χ3n) is 5.17. The number of benzene rings is 2. The van der Waals surface area contributed by atoms with Gasteiger partial charge in [0.15, 0.2) is 11.5 Å². The molecule has 1 aliphatic rings. The first-order valence-corrected chi connectivity index (χ1v) is 11.2. The third kappa shape index (κ3) is 6.82. The molecule has 33 heavy (non-hydrogen) atoms. The summed E-state index contributed by atoms with van der Waals surface area (Å²) in [5.41, 5.74) is 0.839. The third-order valence-corrected chi connectivity index (χ3v) is 5.45. The van der Waals surface area contributed by atoms with E-state index in [1.165, 1.54) is 19.2 Å². The number of ether oxygens (including phenoxy) is 2. The summed E-state index contributed by atoms with van der Waals surface area (Å²) < 4.78 is 24.4. The van der Waals surface area contributed by atoms with Crippen LogP contribution in [0.15, 0.2) is 36.4 Å². The van der Waals surface area contributed by atoms with Gasteiger partial charge in [-0.25, -0.2) is 4.39 Å². The molecule has 0 radical (unpaired) electrons. The minimum Gasteiger partial charge on any atom is -0.493 e. The van der Waals surface area contributed by atoms with Crippen LogP contribution in [0.2, 0.25) is 5.02 Å². The molecule has 7 nitrogen and oxygen atoms in total. The first-order chi connectivity index (χ1) is 15.8. The minimum atomic E-state index is -0.406. The standard InChI is InChI=1S/C24H29ClFN3O4/c1-16(2)15-33-23-20(25)11-17(12-21(23)32-3)24(31)29-9-7-28(8-10-29)14-22(30)27-19-6-4-5-18(26)13-19/h4-6,11-13,16H,7-10,14-15H2,1-3H3,(H,27,30). The number of hydrogen-bond donors (Lipinski definition) is 1. The van der Waals surface area contributed by atoms with Crippen molar-refractivity contribution < 1.29 is 23.5 Å². The Morgan fingerprint density at radius 3 is 2.52 bits per heavy atom. The fourth-order valence-corrected chi connectivity index (χ4v) is 3.76. The highest BCUT2D eigenvalue weighted by molar-refractivity contribution is 6.32. The highest BCUT2D eigenvalue weighted by atomic mass is 35.5. The lowest BCUT2D eigenvalue weighted by Crippen LogP contribution is -2.50. The van der Waals surface area contributed by atoms with Crippen LogP contribution in [0, 0.1) is 11.7 Å². The lowest BCUT2D eigenvalue weighted by atomic mass is 10.1. The zero-order valence-electron chi connectivity index (χ0n) is 19.1. The molecule has 0 bridgehead atoms. The van der Waals surface area contributed by atoms with E-state index >= 15 is 0 Å². The van der Waals surface area contributed by atoms with Crippen LogP contribution in [0.25, 0.3) is 0 Å². The van der Waals surface area contributed by atoms with E-state index in [9.17, 15) is 14.0 Å². The van der Waals surface area contributed by atoms with Gasteiger partial charge in [0.05, 0.1) is 25.3 Å². The first kappa shape index (κ1) is 24.8. The zero-order chi connectivity index (χ0) is 24.0. The van der Waals surface area contributed by atoms with Crippen LogP contribution in [0.3, 0.4) is 0 Å². The van der Waals surface area contributed by atoms with Crippen LogP contribution < -0.4 is 14.8 Å². The van der Waals surface area contributed by atoms with Crippen molar-refractivity contribution in [2.24, 2.45) is 5.92 Å². The fraction of sp³-hybridized carbons (Fsp3) is 0.417. The average Bonchev–Trinajstić information content (AvgIpc) is 2.77. The van der Waals surface area contributed by atoms with Gasteiger partial charge in [0.2, 0.25) is 5.91 Å². The quantitative estimate of drug-likeness (QED) is 0.624. The Hall–Kier alpha value is -2.84. The number of hydrogen-bond acceptors (Lipinski definition) is 5. The van der Waals surface area contributed by atoms with E-state index < -0.39 is 5.82 Å². The molecule has 9 heteroatoms. The van der Waals surface area contributed by atoms with Gasteiger partial charge in [0.25, 0.3) is 5.91 Å². The average molecular weight is 478 g/mol. The molecular formula is C24H29ClFN3O4. The summed E-state index contributed by atoms with van der Waals surface area (Å²) in [4.78, 5) is 29.0. The summed E-state index contributed by atoms with van der Waals surface area (Å²) in [5.74, 6) is 0.372.